The van der Waals surface area contributed by atoms with Crippen molar-refractivity contribution in [3.63, 3.8) is 0 Å². The molecule has 0 spiro atoms. The molecule has 6 heteroatoms. The van der Waals surface area contributed by atoms with Gasteiger partial charge in [0.2, 0.25) is 5.89 Å². The first kappa shape index (κ1) is 18.4. The van der Waals surface area contributed by atoms with Gasteiger partial charge in [-0.3, -0.25) is 0 Å². The van der Waals surface area contributed by atoms with Gasteiger partial charge in [0.1, 0.15) is 11.9 Å². The van der Waals surface area contributed by atoms with Crippen LogP contribution >= 0.6 is 15.9 Å². The Morgan fingerprint density at radius 1 is 0.964 bits per heavy atom. The highest BCUT2D eigenvalue weighted by atomic mass is 79.9. The minimum Gasteiger partial charge on any atom is -0.418 e. The van der Waals surface area contributed by atoms with Crippen molar-refractivity contribution in [1.29, 1.82) is 0 Å². The summed E-state index contributed by atoms with van der Waals surface area (Å²) in [5, 5.41) is 11.7. The van der Waals surface area contributed by atoms with Crippen LogP contribution in [0.2, 0.25) is 0 Å². The van der Waals surface area contributed by atoms with Crippen molar-refractivity contribution in [2.45, 2.75) is 13.0 Å². The zero-order valence-electron chi connectivity index (χ0n) is 15.1. The highest BCUT2D eigenvalue weighted by molar-refractivity contribution is 9.10. The molecular weight excluding hydrogens is 421 g/mol. The van der Waals surface area contributed by atoms with Crippen LogP contribution < -0.4 is 5.32 Å². The molecule has 0 bridgehead atoms. The number of halogens is 2. The third-order valence-corrected chi connectivity index (χ3v) is 5.28. The van der Waals surface area contributed by atoms with Gasteiger partial charge in [0.15, 0.2) is 0 Å². The van der Waals surface area contributed by atoms with Crippen LogP contribution in [0.5, 0.6) is 0 Å². The molecule has 3 aromatic carbocycles. The van der Waals surface area contributed by atoms with E-state index in [4.69, 9.17) is 4.42 Å². The van der Waals surface area contributed by atoms with E-state index in [0.717, 1.165) is 21.3 Å². The fraction of sp³-hybridized carbons (Fsp3) is 0.0909. The maximum Gasteiger partial charge on any atom is 0.250 e. The monoisotopic (exact) mass is 437 g/mol. The molecule has 4 aromatic rings. The van der Waals surface area contributed by atoms with Gasteiger partial charge in [-0.25, -0.2) is 4.39 Å². The number of rotatable bonds is 5. The molecule has 1 heterocycles. The van der Waals surface area contributed by atoms with Crippen molar-refractivity contribution in [3.8, 4) is 11.5 Å². The highest BCUT2D eigenvalue weighted by Crippen LogP contribution is 2.30. The minimum atomic E-state index is -0.398. The third-order valence-electron chi connectivity index (χ3n) is 4.39. The number of aromatic nitrogens is 2. The lowest BCUT2D eigenvalue weighted by molar-refractivity contribution is 0.490. The number of nitrogens with zero attached hydrogens (tertiary/aromatic N) is 2. The Hall–Kier alpha value is -2.99. The molecule has 1 aromatic heterocycles. The zero-order chi connectivity index (χ0) is 19.5. The van der Waals surface area contributed by atoms with Crippen molar-refractivity contribution >= 4 is 21.6 Å². The van der Waals surface area contributed by atoms with E-state index in [0.29, 0.717) is 5.89 Å². The molecule has 0 saturated carbocycles. The molecule has 0 fully saturated rings. The Balaban J connectivity index is 1.72. The zero-order valence-corrected chi connectivity index (χ0v) is 16.7. The van der Waals surface area contributed by atoms with Crippen molar-refractivity contribution in [3.05, 3.63) is 100 Å². The van der Waals surface area contributed by atoms with E-state index >= 15 is 0 Å². The van der Waals surface area contributed by atoms with Crippen LogP contribution in [-0.2, 0) is 0 Å². The fourth-order valence-electron chi connectivity index (χ4n) is 2.93. The normalized spacial score (nSPS) is 12.0. The van der Waals surface area contributed by atoms with Gasteiger partial charge < -0.3 is 9.73 Å². The molecule has 0 unspecified atom stereocenters. The maximum atomic E-state index is 14.1. The first-order chi connectivity index (χ1) is 13.6. The van der Waals surface area contributed by atoms with Crippen molar-refractivity contribution in [2.75, 3.05) is 5.32 Å². The van der Waals surface area contributed by atoms with Crippen LogP contribution in [0.15, 0.2) is 81.7 Å². The van der Waals surface area contributed by atoms with E-state index in [1.165, 1.54) is 6.07 Å². The van der Waals surface area contributed by atoms with E-state index in [1.54, 1.807) is 18.2 Å². The molecule has 4 rings (SSSR count). The Morgan fingerprint density at radius 3 is 2.46 bits per heavy atom. The summed E-state index contributed by atoms with van der Waals surface area (Å²) in [6.07, 6.45) is 0. The van der Waals surface area contributed by atoms with E-state index in [9.17, 15) is 4.39 Å². The first-order valence-corrected chi connectivity index (χ1v) is 9.57. The summed E-state index contributed by atoms with van der Waals surface area (Å²) in [4.78, 5) is 0. The maximum absolute atomic E-state index is 14.1. The van der Waals surface area contributed by atoms with E-state index in [2.05, 4.69) is 31.4 Å². The van der Waals surface area contributed by atoms with Crippen LogP contribution in [-0.4, -0.2) is 10.2 Å². The summed E-state index contributed by atoms with van der Waals surface area (Å²) < 4.78 is 21.0. The third kappa shape index (κ3) is 3.82. The van der Waals surface area contributed by atoms with Crippen LogP contribution in [0.25, 0.3) is 11.5 Å². The number of hydrogen-bond donors (Lipinski definition) is 1. The lowest BCUT2D eigenvalue weighted by Gasteiger charge is -2.17. The molecule has 1 N–H and O–H groups in total. The molecule has 0 radical (unpaired) electrons. The number of hydrogen-bond acceptors (Lipinski definition) is 4. The minimum absolute atomic E-state index is 0.155. The SMILES string of the molecule is Cc1cc(N[C@H](c2ccccc2)c2nnc(-c3ccccc3F)o2)ccc1Br. The molecule has 140 valence electrons. The van der Waals surface area contributed by atoms with E-state index < -0.39 is 5.82 Å². The summed E-state index contributed by atoms with van der Waals surface area (Å²) in [5.74, 6) is 0.123. The largest absolute Gasteiger partial charge is 0.418 e. The van der Waals surface area contributed by atoms with Crippen molar-refractivity contribution in [2.24, 2.45) is 0 Å². The average Bonchev–Trinajstić information content (AvgIpc) is 3.19. The van der Waals surface area contributed by atoms with Gasteiger partial charge >= 0.3 is 0 Å². The molecule has 28 heavy (non-hydrogen) atoms. The van der Waals surface area contributed by atoms with Crippen LogP contribution in [0, 0.1) is 12.7 Å². The van der Waals surface area contributed by atoms with Crippen molar-refractivity contribution in [1.82, 2.24) is 10.2 Å². The molecule has 0 saturated heterocycles. The predicted octanol–water partition coefficient (Wildman–Crippen LogP) is 6.15. The Labute approximate surface area is 170 Å². The van der Waals surface area contributed by atoms with Crippen LogP contribution in [0.1, 0.15) is 23.1 Å². The lowest BCUT2D eigenvalue weighted by atomic mass is 10.1. The quantitative estimate of drug-likeness (QED) is 0.406. The first-order valence-electron chi connectivity index (χ1n) is 8.78. The number of anilines is 1. The summed E-state index contributed by atoms with van der Waals surface area (Å²) in [7, 11) is 0. The molecule has 0 aliphatic rings. The van der Waals surface area contributed by atoms with E-state index in [-0.39, 0.29) is 17.5 Å². The van der Waals surface area contributed by atoms with Gasteiger partial charge in [-0.05, 0) is 48.4 Å². The number of aryl methyl sites for hydroxylation is 1. The van der Waals surface area contributed by atoms with Gasteiger partial charge in [0.05, 0.1) is 5.56 Å². The molecule has 0 aliphatic carbocycles. The summed E-state index contributed by atoms with van der Waals surface area (Å²) in [6.45, 7) is 2.02. The van der Waals surface area contributed by atoms with Gasteiger partial charge in [0.25, 0.3) is 5.89 Å². The molecule has 4 nitrogen and oxygen atoms in total. The second-order valence-electron chi connectivity index (χ2n) is 6.38. The van der Waals surface area contributed by atoms with Gasteiger partial charge in [-0.1, -0.05) is 58.4 Å². The Morgan fingerprint density at radius 2 is 1.71 bits per heavy atom. The smallest absolute Gasteiger partial charge is 0.250 e. The summed E-state index contributed by atoms with van der Waals surface area (Å²) >= 11 is 3.52. The molecular formula is C22H17BrFN3O. The molecule has 0 amide bonds. The van der Waals surface area contributed by atoms with Gasteiger partial charge in [-0.2, -0.15) is 0 Å². The number of nitrogens with one attached hydrogen (secondary N) is 1. The Kier molecular flexibility index (Phi) is 5.21. The molecule has 1 atom stereocenters. The summed E-state index contributed by atoms with van der Waals surface area (Å²) in [5.41, 5.74) is 3.27. The van der Waals surface area contributed by atoms with Crippen LogP contribution in [0.4, 0.5) is 10.1 Å². The highest BCUT2D eigenvalue weighted by Gasteiger charge is 2.22. The summed E-state index contributed by atoms with van der Waals surface area (Å²) in [6, 6.07) is 21.8. The van der Waals surface area contributed by atoms with Gasteiger partial charge in [-0.15, -0.1) is 10.2 Å². The van der Waals surface area contributed by atoms with Crippen LogP contribution in [0.3, 0.4) is 0 Å². The standard InChI is InChI=1S/C22H17BrFN3O/c1-14-13-16(11-12-18(14)23)25-20(15-7-3-2-4-8-15)22-27-26-21(28-22)17-9-5-6-10-19(17)24/h2-13,20,25H,1H3/t20-/m1/s1. The van der Waals surface area contributed by atoms with E-state index in [1.807, 2.05) is 55.5 Å². The second kappa shape index (κ2) is 7.94. The van der Waals surface area contributed by atoms with Crippen molar-refractivity contribution < 1.29 is 8.81 Å². The van der Waals surface area contributed by atoms with Gasteiger partial charge in [0, 0.05) is 10.2 Å². The lowest BCUT2D eigenvalue weighted by Crippen LogP contribution is -2.13. The second-order valence-corrected chi connectivity index (χ2v) is 7.23. The number of benzene rings is 3. The topological polar surface area (TPSA) is 51.0 Å². The molecule has 0 aliphatic heterocycles. The average molecular weight is 438 g/mol. The Bertz CT molecular complexity index is 1100. The fourth-order valence-corrected chi connectivity index (χ4v) is 3.18. The predicted molar refractivity (Wildman–Crippen MR) is 110 cm³/mol.